The molecule has 0 fully saturated rings. The highest BCUT2D eigenvalue weighted by atomic mass is 35.5. The maximum Gasteiger partial charge on any atom is 0.243 e. The van der Waals surface area contributed by atoms with E-state index in [1.165, 1.54) is 0 Å². The molecule has 26 heavy (non-hydrogen) atoms. The third-order valence-electron chi connectivity index (χ3n) is 3.78. The van der Waals surface area contributed by atoms with Crippen LogP contribution in [0.1, 0.15) is 24.5 Å². The van der Waals surface area contributed by atoms with Crippen LogP contribution < -0.4 is 10.1 Å². The predicted octanol–water partition coefficient (Wildman–Crippen LogP) is 4.58. The summed E-state index contributed by atoms with van der Waals surface area (Å²) < 4.78 is 7.71. The van der Waals surface area contributed by atoms with E-state index in [1.807, 2.05) is 30.3 Å². The van der Waals surface area contributed by atoms with Crippen molar-refractivity contribution < 1.29 is 4.74 Å². The summed E-state index contributed by atoms with van der Waals surface area (Å²) in [4.78, 5) is 0. The van der Waals surface area contributed by atoms with E-state index in [1.54, 1.807) is 16.8 Å². The van der Waals surface area contributed by atoms with Gasteiger partial charge in [0.2, 0.25) is 5.95 Å². The summed E-state index contributed by atoms with van der Waals surface area (Å²) in [5.41, 5.74) is 1.88. The van der Waals surface area contributed by atoms with Gasteiger partial charge in [0.25, 0.3) is 0 Å². The largest absolute Gasteiger partial charge is 0.488 e. The Morgan fingerprint density at radius 3 is 2.77 bits per heavy atom. The Bertz CT molecular complexity index is 868. The average Bonchev–Trinajstić information content (AvgIpc) is 3.07. The van der Waals surface area contributed by atoms with Gasteiger partial charge in [-0.05, 0) is 35.0 Å². The molecule has 1 heterocycles. The van der Waals surface area contributed by atoms with E-state index in [4.69, 9.17) is 27.9 Å². The monoisotopic (exact) mass is 391 g/mol. The number of nitrogens with zero attached hydrogens (tertiary/aromatic N) is 4. The summed E-state index contributed by atoms with van der Waals surface area (Å²) in [5, 5.41) is 16.1. The number of rotatable bonds is 8. The van der Waals surface area contributed by atoms with Crippen LogP contribution >= 0.6 is 23.2 Å². The first-order valence-electron chi connectivity index (χ1n) is 8.32. The van der Waals surface area contributed by atoms with Gasteiger partial charge in [0.15, 0.2) is 0 Å². The molecule has 0 unspecified atom stereocenters. The summed E-state index contributed by atoms with van der Waals surface area (Å²) in [6.45, 7) is 3.76. The zero-order valence-electron chi connectivity index (χ0n) is 14.3. The quantitative estimate of drug-likeness (QED) is 0.608. The Morgan fingerprint density at radius 2 is 1.96 bits per heavy atom. The number of halogens is 2. The molecule has 0 amide bonds. The number of aryl methyl sites for hydroxylation is 1. The summed E-state index contributed by atoms with van der Waals surface area (Å²) in [6, 6.07) is 13.2. The Hall–Kier alpha value is -2.31. The van der Waals surface area contributed by atoms with Gasteiger partial charge in [-0.15, -0.1) is 0 Å². The number of nitrogens with one attached hydrogen (secondary N) is 1. The lowest BCUT2D eigenvalue weighted by Crippen LogP contribution is -2.09. The molecule has 8 heteroatoms. The van der Waals surface area contributed by atoms with Crippen LogP contribution in [-0.4, -0.2) is 20.2 Å². The molecule has 0 saturated heterocycles. The second-order valence-corrected chi connectivity index (χ2v) is 6.55. The van der Waals surface area contributed by atoms with Gasteiger partial charge in [0, 0.05) is 34.3 Å². The molecule has 0 saturated carbocycles. The second-order valence-electron chi connectivity index (χ2n) is 5.71. The van der Waals surface area contributed by atoms with Crippen molar-refractivity contribution in [3.63, 3.8) is 0 Å². The third-order valence-corrected chi connectivity index (χ3v) is 4.36. The van der Waals surface area contributed by atoms with Crippen molar-refractivity contribution in [2.75, 3.05) is 5.32 Å². The van der Waals surface area contributed by atoms with Gasteiger partial charge < -0.3 is 10.1 Å². The molecule has 1 N–H and O–H groups in total. The summed E-state index contributed by atoms with van der Waals surface area (Å²) in [5.74, 6) is 1.42. The molecule has 136 valence electrons. The van der Waals surface area contributed by atoms with Crippen molar-refractivity contribution in [2.45, 2.75) is 33.0 Å². The minimum Gasteiger partial charge on any atom is -0.488 e. The SMILES string of the molecule is CCCn1nnnc1NCc1ccccc1OCc1ccc(Cl)cc1Cl. The smallest absolute Gasteiger partial charge is 0.243 e. The Morgan fingerprint density at radius 1 is 1.12 bits per heavy atom. The van der Waals surface area contributed by atoms with Gasteiger partial charge in [0.05, 0.1) is 0 Å². The Balaban J connectivity index is 1.67. The van der Waals surface area contributed by atoms with E-state index in [2.05, 4.69) is 27.8 Å². The number of aromatic nitrogens is 4. The highest BCUT2D eigenvalue weighted by Gasteiger charge is 2.09. The number of benzene rings is 2. The second kappa shape index (κ2) is 8.87. The maximum atomic E-state index is 6.21. The first kappa shape index (κ1) is 18.5. The van der Waals surface area contributed by atoms with Crippen LogP contribution in [0.4, 0.5) is 5.95 Å². The van der Waals surface area contributed by atoms with Crippen molar-refractivity contribution in [3.05, 3.63) is 63.6 Å². The molecule has 0 aliphatic carbocycles. The van der Waals surface area contributed by atoms with E-state index < -0.39 is 0 Å². The maximum absolute atomic E-state index is 6.21. The summed E-state index contributed by atoms with van der Waals surface area (Å²) in [7, 11) is 0. The minimum atomic E-state index is 0.362. The zero-order valence-corrected chi connectivity index (χ0v) is 15.8. The number of hydrogen-bond acceptors (Lipinski definition) is 5. The number of ether oxygens (including phenoxy) is 1. The minimum absolute atomic E-state index is 0.362. The zero-order chi connectivity index (χ0) is 18.4. The fourth-order valence-electron chi connectivity index (χ4n) is 2.45. The van der Waals surface area contributed by atoms with Gasteiger partial charge in [-0.1, -0.05) is 59.5 Å². The molecule has 0 atom stereocenters. The highest BCUT2D eigenvalue weighted by Crippen LogP contribution is 2.24. The van der Waals surface area contributed by atoms with Crippen LogP contribution in [-0.2, 0) is 19.7 Å². The van der Waals surface area contributed by atoms with Crippen LogP contribution in [0.5, 0.6) is 5.75 Å². The van der Waals surface area contributed by atoms with Gasteiger partial charge >= 0.3 is 0 Å². The lowest BCUT2D eigenvalue weighted by Gasteiger charge is -2.13. The molecular weight excluding hydrogens is 373 g/mol. The van der Waals surface area contributed by atoms with Gasteiger partial charge in [-0.3, -0.25) is 0 Å². The van der Waals surface area contributed by atoms with E-state index >= 15 is 0 Å². The number of hydrogen-bond donors (Lipinski definition) is 1. The molecule has 0 radical (unpaired) electrons. The van der Waals surface area contributed by atoms with Crippen LogP contribution in [0.25, 0.3) is 0 Å². The molecule has 0 aliphatic heterocycles. The number of tetrazole rings is 1. The molecule has 3 rings (SSSR count). The normalized spacial score (nSPS) is 10.7. The molecule has 0 spiro atoms. The summed E-state index contributed by atoms with van der Waals surface area (Å²) >= 11 is 12.1. The predicted molar refractivity (Wildman–Crippen MR) is 103 cm³/mol. The van der Waals surface area contributed by atoms with Crippen LogP contribution in [0.3, 0.4) is 0 Å². The first-order chi connectivity index (χ1) is 12.7. The van der Waals surface area contributed by atoms with E-state index in [0.717, 1.165) is 29.8 Å². The van der Waals surface area contributed by atoms with Gasteiger partial charge in [0.1, 0.15) is 12.4 Å². The van der Waals surface area contributed by atoms with E-state index in [9.17, 15) is 0 Å². The fraction of sp³-hybridized carbons (Fsp3) is 0.278. The van der Waals surface area contributed by atoms with Crippen LogP contribution in [0.15, 0.2) is 42.5 Å². The third kappa shape index (κ3) is 4.65. The molecule has 2 aromatic carbocycles. The Labute approximate surface area is 162 Å². The standard InChI is InChI=1S/C18H19Cl2N5O/c1-2-9-25-18(22-23-24-25)21-11-13-5-3-4-6-17(13)26-12-14-7-8-15(19)10-16(14)20/h3-8,10H,2,9,11-12H2,1H3,(H,21,22,24). The van der Waals surface area contributed by atoms with Crippen LogP contribution in [0, 0.1) is 0 Å². The lowest BCUT2D eigenvalue weighted by molar-refractivity contribution is 0.303. The van der Waals surface area contributed by atoms with Crippen LogP contribution in [0.2, 0.25) is 10.0 Å². The Kier molecular flexibility index (Phi) is 6.30. The topological polar surface area (TPSA) is 64.9 Å². The molecule has 3 aromatic rings. The van der Waals surface area contributed by atoms with Crippen molar-refractivity contribution in [1.82, 2.24) is 20.2 Å². The summed E-state index contributed by atoms with van der Waals surface area (Å²) in [6.07, 6.45) is 0.960. The van der Waals surface area contributed by atoms with Gasteiger partial charge in [-0.25, -0.2) is 4.68 Å². The van der Waals surface area contributed by atoms with Crippen molar-refractivity contribution >= 4 is 29.2 Å². The molecule has 6 nitrogen and oxygen atoms in total. The fourth-order valence-corrected chi connectivity index (χ4v) is 2.92. The molecular formula is C18H19Cl2N5O. The highest BCUT2D eigenvalue weighted by molar-refractivity contribution is 6.35. The van der Waals surface area contributed by atoms with E-state index in [0.29, 0.717) is 29.1 Å². The van der Waals surface area contributed by atoms with Gasteiger partial charge in [-0.2, -0.15) is 0 Å². The average molecular weight is 392 g/mol. The first-order valence-corrected chi connectivity index (χ1v) is 9.07. The molecule has 0 bridgehead atoms. The lowest BCUT2D eigenvalue weighted by atomic mass is 10.2. The van der Waals surface area contributed by atoms with E-state index in [-0.39, 0.29) is 0 Å². The number of anilines is 1. The van der Waals surface area contributed by atoms with Crippen molar-refractivity contribution in [2.24, 2.45) is 0 Å². The molecule has 1 aromatic heterocycles. The molecule has 0 aliphatic rings. The number of para-hydroxylation sites is 1. The van der Waals surface area contributed by atoms with Crippen molar-refractivity contribution in [1.29, 1.82) is 0 Å². The van der Waals surface area contributed by atoms with Crippen molar-refractivity contribution in [3.8, 4) is 5.75 Å².